The highest BCUT2D eigenvalue weighted by molar-refractivity contribution is 5.88. The van der Waals surface area contributed by atoms with Crippen LogP contribution in [-0.4, -0.2) is 37.7 Å². The number of nitrogens with zero attached hydrogens (tertiary/aromatic N) is 2. The Morgan fingerprint density at radius 2 is 0.623 bits per heavy atom. The molecule has 9 heteroatoms. The lowest BCUT2D eigenvalue weighted by molar-refractivity contribution is -0.139. The molecule has 0 N–H and O–H groups in total. The molecule has 0 aliphatic heterocycles. The highest BCUT2D eigenvalue weighted by atomic mass is 16.5. The second-order valence-electron chi connectivity index (χ2n) is 16.7. The Kier molecular flexibility index (Phi) is 16.4. The summed E-state index contributed by atoms with van der Waals surface area (Å²) in [5, 5.41) is 0. The molecule has 0 spiro atoms. The molecule has 0 radical (unpaired) electrons. The van der Waals surface area contributed by atoms with Crippen molar-refractivity contribution in [1.29, 1.82) is 0 Å². The molecule has 9 nitrogen and oxygen atoms in total. The quantitative estimate of drug-likeness (QED) is 0.0397. The number of carbonyl (C=O) groups is 3. The molecule has 7 aromatic rings. The number of carbonyl (C=O) groups excluding carboxylic acids is 3. The maximum absolute atomic E-state index is 11.9. The summed E-state index contributed by atoms with van der Waals surface area (Å²) in [7, 11) is 0. The first kappa shape index (κ1) is 48.5. The second kappa shape index (κ2) is 23.3. The Hall–Kier alpha value is -8.43. The lowest BCUT2D eigenvalue weighted by Crippen LogP contribution is -2.11. The molecule has 0 aliphatic carbocycles. The van der Waals surface area contributed by atoms with Crippen molar-refractivity contribution in [2.75, 3.05) is 29.6 Å². The Morgan fingerprint density at radius 3 is 0.913 bits per heavy atom. The van der Waals surface area contributed by atoms with E-state index in [2.05, 4.69) is 90.2 Å². The molecule has 69 heavy (non-hydrogen) atoms. The number of benzene rings is 7. The molecule has 0 unspecified atom stereocenters. The number of rotatable bonds is 21. The van der Waals surface area contributed by atoms with Gasteiger partial charge in [0.2, 0.25) is 0 Å². The second-order valence-corrected chi connectivity index (χ2v) is 16.7. The standard InChI is InChI=1S/C60H56N2O7/c1-42(2)58(63)66-39-36-45-12-20-50(21-13-45)61(51-22-14-46(15-23-51)37-40-67-59(64)43(3)4)54-28-32-56(33-29-54)69-57-34-30-55(31-35-57)62(53-26-18-49(19-27-53)48-10-8-7-9-11-48)52-24-16-47(17-25-52)38-41-68-60(65)44(5)6/h7-35H,1,3,5,36-41H2,2,4,6H3. The third-order valence-electron chi connectivity index (χ3n) is 11.2. The maximum atomic E-state index is 11.9. The Balaban J connectivity index is 1.09. The van der Waals surface area contributed by atoms with Crippen molar-refractivity contribution in [1.82, 2.24) is 0 Å². The van der Waals surface area contributed by atoms with E-state index in [-0.39, 0.29) is 25.8 Å². The van der Waals surface area contributed by atoms with Gasteiger partial charge >= 0.3 is 17.9 Å². The fraction of sp³-hybridized carbons (Fsp3) is 0.150. The molecular formula is C60H56N2O7. The van der Waals surface area contributed by atoms with Crippen LogP contribution in [0.3, 0.4) is 0 Å². The van der Waals surface area contributed by atoms with Crippen LogP contribution < -0.4 is 14.5 Å². The van der Waals surface area contributed by atoms with Crippen LogP contribution in [0.1, 0.15) is 37.5 Å². The van der Waals surface area contributed by atoms with E-state index in [1.54, 1.807) is 20.8 Å². The molecule has 0 saturated carbocycles. The minimum absolute atomic E-state index is 0.260. The van der Waals surface area contributed by atoms with Gasteiger partial charge < -0.3 is 28.7 Å². The molecular weight excluding hydrogens is 861 g/mol. The first-order chi connectivity index (χ1) is 33.4. The van der Waals surface area contributed by atoms with Gasteiger partial charge in [0.25, 0.3) is 0 Å². The summed E-state index contributed by atoms with van der Waals surface area (Å²) in [6.45, 7) is 16.7. The van der Waals surface area contributed by atoms with Gasteiger partial charge in [-0.1, -0.05) is 98.6 Å². The molecule has 348 valence electrons. The lowest BCUT2D eigenvalue weighted by Gasteiger charge is -2.26. The van der Waals surface area contributed by atoms with Gasteiger partial charge in [-0.15, -0.1) is 0 Å². The zero-order valence-corrected chi connectivity index (χ0v) is 39.4. The zero-order chi connectivity index (χ0) is 48.7. The van der Waals surface area contributed by atoms with Gasteiger partial charge in [0.05, 0.1) is 19.8 Å². The third kappa shape index (κ3) is 13.4. The van der Waals surface area contributed by atoms with Gasteiger partial charge in [0.1, 0.15) is 11.5 Å². The molecule has 0 amide bonds. The van der Waals surface area contributed by atoms with Crippen LogP contribution in [0.15, 0.2) is 212 Å². The Morgan fingerprint density at radius 1 is 0.362 bits per heavy atom. The van der Waals surface area contributed by atoms with Gasteiger partial charge in [0, 0.05) is 70.1 Å². The minimum atomic E-state index is -0.399. The summed E-state index contributed by atoms with van der Waals surface area (Å²) < 4.78 is 22.4. The van der Waals surface area contributed by atoms with Crippen LogP contribution in [0.4, 0.5) is 34.1 Å². The average molecular weight is 917 g/mol. The monoisotopic (exact) mass is 916 g/mol. The molecule has 0 atom stereocenters. The van der Waals surface area contributed by atoms with E-state index in [9.17, 15) is 14.4 Å². The molecule has 7 rings (SSSR count). The van der Waals surface area contributed by atoms with E-state index in [1.807, 2.05) is 115 Å². The van der Waals surface area contributed by atoms with E-state index in [0.717, 1.165) is 61.9 Å². The van der Waals surface area contributed by atoms with Crippen LogP contribution in [0.5, 0.6) is 11.5 Å². The predicted molar refractivity (Wildman–Crippen MR) is 276 cm³/mol. The molecule has 0 heterocycles. The summed E-state index contributed by atoms with van der Waals surface area (Å²) in [6.07, 6.45) is 1.73. The fourth-order valence-corrected chi connectivity index (χ4v) is 7.38. The molecule has 0 saturated heterocycles. The van der Waals surface area contributed by atoms with Crippen molar-refractivity contribution in [3.63, 3.8) is 0 Å². The predicted octanol–water partition coefficient (Wildman–Crippen LogP) is 14.1. The SMILES string of the molecule is C=C(C)C(=O)OCCc1ccc(N(c2ccc(CCOC(=O)C(=C)C)cc2)c2ccc(Oc3ccc(N(c4ccc(CCOC(=O)C(=C)C)cc4)c4ccc(-c5ccccc5)cc4)cc3)cc2)cc1. The highest BCUT2D eigenvalue weighted by Crippen LogP contribution is 2.39. The van der Waals surface area contributed by atoms with Crippen molar-refractivity contribution in [2.45, 2.75) is 40.0 Å². The normalized spacial score (nSPS) is 10.7. The van der Waals surface area contributed by atoms with Crippen LogP contribution in [0, 0.1) is 0 Å². The smallest absolute Gasteiger partial charge is 0.333 e. The summed E-state index contributed by atoms with van der Waals surface area (Å²) in [5.74, 6) is 0.162. The van der Waals surface area contributed by atoms with Crippen LogP contribution in [0.2, 0.25) is 0 Å². The van der Waals surface area contributed by atoms with Crippen LogP contribution >= 0.6 is 0 Å². The average Bonchev–Trinajstić information content (AvgIpc) is 3.37. The lowest BCUT2D eigenvalue weighted by atomic mass is 10.0. The number of hydrogen-bond donors (Lipinski definition) is 0. The maximum Gasteiger partial charge on any atom is 0.333 e. The largest absolute Gasteiger partial charge is 0.462 e. The minimum Gasteiger partial charge on any atom is -0.462 e. The van der Waals surface area contributed by atoms with E-state index in [1.165, 1.54) is 0 Å². The Bertz CT molecular complexity index is 2800. The molecule has 0 aromatic heterocycles. The van der Waals surface area contributed by atoms with Crippen molar-refractivity contribution in [2.24, 2.45) is 0 Å². The van der Waals surface area contributed by atoms with Gasteiger partial charge in [0.15, 0.2) is 0 Å². The fourth-order valence-electron chi connectivity index (χ4n) is 7.38. The highest BCUT2D eigenvalue weighted by Gasteiger charge is 2.16. The Labute approximate surface area is 405 Å². The first-order valence-corrected chi connectivity index (χ1v) is 22.8. The van der Waals surface area contributed by atoms with Crippen molar-refractivity contribution in [3.8, 4) is 22.6 Å². The first-order valence-electron chi connectivity index (χ1n) is 22.8. The van der Waals surface area contributed by atoms with Crippen molar-refractivity contribution in [3.05, 3.63) is 229 Å². The molecule has 0 bridgehead atoms. The van der Waals surface area contributed by atoms with E-state index in [0.29, 0.717) is 47.5 Å². The van der Waals surface area contributed by atoms with Crippen molar-refractivity contribution < 1.29 is 33.3 Å². The van der Waals surface area contributed by atoms with Crippen LogP contribution in [0.25, 0.3) is 11.1 Å². The summed E-state index contributed by atoms with van der Waals surface area (Å²) in [5.41, 5.74) is 12.2. The van der Waals surface area contributed by atoms with E-state index >= 15 is 0 Å². The topological polar surface area (TPSA) is 94.6 Å². The third-order valence-corrected chi connectivity index (χ3v) is 11.2. The molecule has 7 aromatic carbocycles. The van der Waals surface area contributed by atoms with E-state index in [4.69, 9.17) is 18.9 Å². The van der Waals surface area contributed by atoms with E-state index < -0.39 is 11.9 Å². The number of ether oxygens (including phenoxy) is 4. The van der Waals surface area contributed by atoms with Crippen molar-refractivity contribution >= 4 is 52.0 Å². The number of hydrogen-bond acceptors (Lipinski definition) is 9. The van der Waals surface area contributed by atoms with Gasteiger partial charge in [-0.3, -0.25) is 0 Å². The van der Waals surface area contributed by atoms with Gasteiger partial charge in [-0.25, -0.2) is 14.4 Å². The zero-order valence-electron chi connectivity index (χ0n) is 39.4. The summed E-state index contributed by atoms with van der Waals surface area (Å²) >= 11 is 0. The van der Waals surface area contributed by atoms with Gasteiger partial charge in [-0.05, 0) is 146 Å². The number of esters is 3. The van der Waals surface area contributed by atoms with Gasteiger partial charge in [-0.2, -0.15) is 0 Å². The molecule has 0 aliphatic rings. The number of anilines is 6. The molecule has 0 fully saturated rings. The summed E-state index contributed by atoms with van der Waals surface area (Å²) in [4.78, 5) is 40.1. The van der Waals surface area contributed by atoms with Crippen LogP contribution in [-0.2, 0) is 47.9 Å². The summed E-state index contributed by atoms with van der Waals surface area (Å²) in [6, 6.07) is 59.4.